The third-order valence-corrected chi connectivity index (χ3v) is 4.35. The number of benzene rings is 1. The molecule has 0 aliphatic carbocycles. The van der Waals surface area contributed by atoms with Gasteiger partial charge in [-0.05, 0) is 23.6 Å². The van der Waals surface area contributed by atoms with Crippen molar-refractivity contribution >= 4 is 35.8 Å². The first-order valence-corrected chi connectivity index (χ1v) is 8.44. The summed E-state index contributed by atoms with van der Waals surface area (Å²) in [5, 5.41) is 3.27. The smallest absolute Gasteiger partial charge is 0.242 e. The van der Waals surface area contributed by atoms with Gasteiger partial charge in [-0.2, -0.15) is 0 Å². The predicted octanol–water partition coefficient (Wildman–Crippen LogP) is 1.76. The van der Waals surface area contributed by atoms with Gasteiger partial charge in [0.1, 0.15) is 6.10 Å². The van der Waals surface area contributed by atoms with Crippen molar-refractivity contribution in [3.8, 4) is 0 Å². The van der Waals surface area contributed by atoms with E-state index in [2.05, 4.69) is 5.32 Å². The molecule has 25 heavy (non-hydrogen) atoms. The number of nitrogens with two attached hydrogens (primary N) is 1. The molecule has 1 aromatic rings. The van der Waals surface area contributed by atoms with E-state index in [0.717, 1.165) is 5.56 Å². The highest BCUT2D eigenvalue weighted by molar-refractivity contribution is 6.30. The van der Waals surface area contributed by atoms with Gasteiger partial charge in [0.2, 0.25) is 11.8 Å². The molecule has 1 aliphatic rings. The van der Waals surface area contributed by atoms with Gasteiger partial charge in [0.05, 0.1) is 25.7 Å². The molecule has 0 aromatic heterocycles. The molecule has 1 aliphatic heterocycles. The normalized spacial score (nSPS) is 18.4. The zero-order valence-electron chi connectivity index (χ0n) is 14.4. The van der Waals surface area contributed by atoms with Crippen LogP contribution in [0.15, 0.2) is 24.3 Å². The highest BCUT2D eigenvalue weighted by Gasteiger charge is 2.26. The van der Waals surface area contributed by atoms with Gasteiger partial charge in [0.25, 0.3) is 0 Å². The zero-order chi connectivity index (χ0) is 17.7. The number of hydrogen-bond acceptors (Lipinski definition) is 4. The van der Waals surface area contributed by atoms with E-state index < -0.39 is 6.04 Å². The number of amides is 2. The topological polar surface area (TPSA) is 84.7 Å². The van der Waals surface area contributed by atoms with Gasteiger partial charge in [-0.25, -0.2) is 0 Å². The number of carbonyl (C=O) groups excluding carboxylic acids is 2. The molecule has 2 atom stereocenters. The molecule has 2 amide bonds. The highest BCUT2D eigenvalue weighted by atomic mass is 35.5. The maximum atomic E-state index is 12.3. The number of rotatable bonds is 5. The largest absolute Gasteiger partial charge is 0.370 e. The van der Waals surface area contributed by atoms with Crippen LogP contribution in [-0.4, -0.2) is 49.0 Å². The number of ether oxygens (including phenoxy) is 1. The number of halogens is 2. The summed E-state index contributed by atoms with van der Waals surface area (Å²) in [6, 6.07) is 6.78. The molecule has 0 radical (unpaired) electrons. The minimum Gasteiger partial charge on any atom is -0.370 e. The lowest BCUT2D eigenvalue weighted by Gasteiger charge is -2.33. The van der Waals surface area contributed by atoms with Gasteiger partial charge >= 0.3 is 0 Å². The lowest BCUT2D eigenvalue weighted by molar-refractivity contribution is -0.139. The molecule has 1 heterocycles. The lowest BCUT2D eigenvalue weighted by Crippen LogP contribution is -2.50. The Morgan fingerprint density at radius 3 is 2.60 bits per heavy atom. The predicted molar refractivity (Wildman–Crippen MR) is 99.8 cm³/mol. The van der Waals surface area contributed by atoms with Gasteiger partial charge in [0, 0.05) is 11.6 Å². The van der Waals surface area contributed by atoms with Crippen molar-refractivity contribution in [1.29, 1.82) is 0 Å². The van der Waals surface area contributed by atoms with E-state index >= 15 is 0 Å². The SMILES string of the molecule is CC(C)[C@H](N)C(=O)NCC(=O)N1CCOC(c2ccc(Cl)cc2)C1.Cl. The first kappa shape index (κ1) is 21.7. The molecular weight excluding hydrogens is 365 g/mol. The number of nitrogens with zero attached hydrogens (tertiary/aromatic N) is 1. The number of hydrogen-bond donors (Lipinski definition) is 2. The summed E-state index contributed by atoms with van der Waals surface area (Å²) in [7, 11) is 0. The number of morpholine rings is 1. The van der Waals surface area contributed by atoms with Crippen LogP contribution in [0.2, 0.25) is 5.02 Å². The first-order valence-electron chi connectivity index (χ1n) is 8.06. The van der Waals surface area contributed by atoms with Crippen LogP contribution in [0.1, 0.15) is 25.5 Å². The average molecular weight is 390 g/mol. The van der Waals surface area contributed by atoms with E-state index in [4.69, 9.17) is 22.1 Å². The Labute approximate surface area is 159 Å². The molecule has 140 valence electrons. The Balaban J connectivity index is 0.00000312. The molecule has 0 bridgehead atoms. The summed E-state index contributed by atoms with van der Waals surface area (Å²) in [4.78, 5) is 25.9. The van der Waals surface area contributed by atoms with Crippen LogP contribution >= 0.6 is 24.0 Å². The standard InChI is InChI=1S/C17H24ClN3O3.ClH/c1-11(2)16(19)17(23)20-9-15(22)21-7-8-24-14(10-21)12-3-5-13(18)6-4-12;/h3-6,11,14,16H,7-10,19H2,1-2H3,(H,20,23);1H/t14?,16-;/m0./s1. The van der Waals surface area contributed by atoms with Crippen molar-refractivity contribution in [2.24, 2.45) is 11.7 Å². The molecule has 1 unspecified atom stereocenters. The number of carbonyl (C=O) groups is 2. The van der Waals surface area contributed by atoms with E-state index in [1.54, 1.807) is 17.0 Å². The summed E-state index contributed by atoms with van der Waals surface area (Å²) < 4.78 is 5.74. The summed E-state index contributed by atoms with van der Waals surface area (Å²) in [5.74, 6) is -0.416. The fourth-order valence-electron chi connectivity index (χ4n) is 2.45. The van der Waals surface area contributed by atoms with Gasteiger partial charge < -0.3 is 20.7 Å². The van der Waals surface area contributed by atoms with Crippen molar-refractivity contribution in [2.45, 2.75) is 26.0 Å². The molecule has 8 heteroatoms. The van der Waals surface area contributed by atoms with Crippen molar-refractivity contribution in [2.75, 3.05) is 26.2 Å². The van der Waals surface area contributed by atoms with E-state index in [1.165, 1.54) is 0 Å². The minimum absolute atomic E-state index is 0. The van der Waals surface area contributed by atoms with Crippen LogP contribution in [-0.2, 0) is 14.3 Å². The molecule has 1 fully saturated rings. The van der Waals surface area contributed by atoms with Crippen LogP contribution < -0.4 is 11.1 Å². The molecule has 3 N–H and O–H groups in total. The lowest BCUT2D eigenvalue weighted by atomic mass is 10.1. The average Bonchev–Trinajstić information content (AvgIpc) is 2.59. The Hall–Kier alpha value is -1.34. The van der Waals surface area contributed by atoms with Gasteiger partial charge in [-0.1, -0.05) is 37.6 Å². The zero-order valence-corrected chi connectivity index (χ0v) is 16.0. The van der Waals surface area contributed by atoms with Crippen molar-refractivity contribution in [3.63, 3.8) is 0 Å². The van der Waals surface area contributed by atoms with Crippen LogP contribution in [0.5, 0.6) is 0 Å². The van der Waals surface area contributed by atoms with Gasteiger partial charge in [-0.3, -0.25) is 9.59 Å². The summed E-state index contributed by atoms with van der Waals surface area (Å²) in [6.07, 6.45) is -0.186. The van der Waals surface area contributed by atoms with Crippen molar-refractivity contribution in [1.82, 2.24) is 10.2 Å². The monoisotopic (exact) mass is 389 g/mol. The fourth-order valence-corrected chi connectivity index (χ4v) is 2.58. The molecule has 6 nitrogen and oxygen atoms in total. The molecule has 2 rings (SSSR count). The minimum atomic E-state index is -0.607. The second-order valence-corrected chi connectivity index (χ2v) is 6.67. The quantitative estimate of drug-likeness (QED) is 0.803. The third kappa shape index (κ3) is 6.15. The summed E-state index contributed by atoms with van der Waals surface area (Å²) in [5.41, 5.74) is 6.74. The van der Waals surface area contributed by atoms with E-state index in [9.17, 15) is 9.59 Å². The molecule has 0 spiro atoms. The van der Waals surface area contributed by atoms with Crippen molar-refractivity contribution in [3.05, 3.63) is 34.9 Å². The molecule has 1 saturated heterocycles. The highest BCUT2D eigenvalue weighted by Crippen LogP contribution is 2.23. The van der Waals surface area contributed by atoms with Crippen LogP contribution in [0, 0.1) is 5.92 Å². The van der Waals surface area contributed by atoms with Gasteiger partial charge in [0.15, 0.2) is 0 Å². The van der Waals surface area contributed by atoms with Crippen LogP contribution in [0.4, 0.5) is 0 Å². The summed E-state index contributed by atoms with van der Waals surface area (Å²) in [6.45, 7) is 5.10. The molecule has 1 aromatic carbocycles. The van der Waals surface area contributed by atoms with E-state index in [0.29, 0.717) is 24.7 Å². The Kier molecular flexibility index (Phi) is 8.65. The van der Waals surface area contributed by atoms with Gasteiger partial charge in [-0.15, -0.1) is 12.4 Å². The Bertz CT molecular complexity index is 581. The maximum absolute atomic E-state index is 12.3. The number of nitrogens with one attached hydrogen (secondary N) is 1. The van der Waals surface area contributed by atoms with Crippen LogP contribution in [0.3, 0.4) is 0 Å². The fraction of sp³-hybridized carbons (Fsp3) is 0.529. The second kappa shape index (κ2) is 9.97. The molecule has 0 saturated carbocycles. The first-order chi connectivity index (χ1) is 11.4. The Morgan fingerprint density at radius 1 is 1.36 bits per heavy atom. The van der Waals surface area contributed by atoms with E-state index in [-0.39, 0.29) is 42.8 Å². The third-order valence-electron chi connectivity index (χ3n) is 4.10. The second-order valence-electron chi connectivity index (χ2n) is 6.24. The summed E-state index contributed by atoms with van der Waals surface area (Å²) >= 11 is 5.89. The van der Waals surface area contributed by atoms with E-state index in [1.807, 2.05) is 26.0 Å². The maximum Gasteiger partial charge on any atom is 0.242 e. The molecular formula is C17H25Cl2N3O3. The Morgan fingerprint density at radius 2 is 2.00 bits per heavy atom. The van der Waals surface area contributed by atoms with Crippen LogP contribution in [0.25, 0.3) is 0 Å². The van der Waals surface area contributed by atoms with Crippen molar-refractivity contribution < 1.29 is 14.3 Å².